The molecule has 26 heavy (non-hydrogen) atoms. The second-order valence-corrected chi connectivity index (χ2v) is 5.78. The molecule has 1 N–H and O–H groups in total. The number of benzene rings is 1. The van der Waals surface area contributed by atoms with Gasteiger partial charge in [-0.05, 0) is 37.3 Å². The Labute approximate surface area is 151 Å². The third kappa shape index (κ3) is 3.19. The molecular weight excluding hydrogens is 326 g/mol. The van der Waals surface area contributed by atoms with Crippen molar-refractivity contribution in [3.63, 3.8) is 0 Å². The number of hydrogen-bond acceptors (Lipinski definition) is 5. The number of para-hydroxylation sites is 1. The fourth-order valence-electron chi connectivity index (χ4n) is 2.82. The Bertz CT molecular complexity index is 971. The van der Waals surface area contributed by atoms with Crippen molar-refractivity contribution in [1.82, 2.24) is 29.5 Å². The fraction of sp³-hybridized carbons (Fsp3) is 0.158. The number of aromatic nitrogens is 6. The van der Waals surface area contributed by atoms with Crippen molar-refractivity contribution in [3.05, 3.63) is 72.9 Å². The van der Waals surface area contributed by atoms with Gasteiger partial charge in [-0.25, -0.2) is 4.98 Å². The van der Waals surface area contributed by atoms with Gasteiger partial charge in [-0.15, -0.1) is 10.2 Å². The van der Waals surface area contributed by atoms with Gasteiger partial charge in [0.1, 0.15) is 12.1 Å². The van der Waals surface area contributed by atoms with Crippen LogP contribution in [-0.2, 0) is 13.1 Å². The molecular formula is C19H19N7. The van der Waals surface area contributed by atoms with Crippen LogP contribution in [0.1, 0.15) is 12.6 Å². The minimum atomic E-state index is 0.681. The lowest BCUT2D eigenvalue weighted by Gasteiger charge is -2.09. The van der Waals surface area contributed by atoms with Crippen molar-refractivity contribution in [1.29, 1.82) is 0 Å². The smallest absolute Gasteiger partial charge is 0.169 e. The van der Waals surface area contributed by atoms with Crippen molar-refractivity contribution in [2.75, 3.05) is 5.32 Å². The summed E-state index contributed by atoms with van der Waals surface area (Å²) in [4.78, 5) is 4.50. The Morgan fingerprint density at radius 3 is 2.69 bits per heavy atom. The summed E-state index contributed by atoms with van der Waals surface area (Å²) in [5.41, 5.74) is 3.06. The second-order valence-electron chi connectivity index (χ2n) is 5.78. The zero-order chi connectivity index (χ0) is 17.8. The predicted octanol–water partition coefficient (Wildman–Crippen LogP) is 3.16. The molecule has 0 aliphatic heterocycles. The maximum atomic E-state index is 4.50. The number of nitrogens with one attached hydrogen (secondary N) is 1. The van der Waals surface area contributed by atoms with Crippen molar-refractivity contribution in [2.24, 2.45) is 0 Å². The number of anilines is 1. The molecule has 0 amide bonds. The highest BCUT2D eigenvalue weighted by Gasteiger charge is 2.09. The van der Waals surface area contributed by atoms with Gasteiger partial charge in [0, 0.05) is 30.2 Å². The van der Waals surface area contributed by atoms with Gasteiger partial charge in [-0.2, -0.15) is 5.10 Å². The van der Waals surface area contributed by atoms with Crippen LogP contribution in [-0.4, -0.2) is 29.5 Å². The van der Waals surface area contributed by atoms with Crippen molar-refractivity contribution >= 4 is 5.82 Å². The number of nitrogens with zero attached hydrogens (tertiary/aromatic N) is 6. The number of aryl methyl sites for hydroxylation is 1. The molecule has 7 nitrogen and oxygen atoms in total. The lowest BCUT2D eigenvalue weighted by atomic mass is 10.2. The van der Waals surface area contributed by atoms with E-state index in [0.29, 0.717) is 6.54 Å². The monoisotopic (exact) mass is 345 g/mol. The Balaban J connectivity index is 1.51. The SMILES string of the molecule is CCn1nccc1CNc1ccc(-c2nncn2-c2ccccc2)cn1. The Morgan fingerprint density at radius 2 is 1.92 bits per heavy atom. The summed E-state index contributed by atoms with van der Waals surface area (Å²) < 4.78 is 3.91. The van der Waals surface area contributed by atoms with Crippen LogP contribution in [0.25, 0.3) is 17.1 Å². The molecule has 7 heteroatoms. The van der Waals surface area contributed by atoms with E-state index in [1.165, 1.54) is 0 Å². The molecule has 1 aromatic carbocycles. The van der Waals surface area contributed by atoms with E-state index in [4.69, 9.17) is 0 Å². The molecule has 0 bridgehead atoms. The Hall–Kier alpha value is -3.48. The van der Waals surface area contributed by atoms with Gasteiger partial charge in [0.2, 0.25) is 0 Å². The predicted molar refractivity (Wildman–Crippen MR) is 99.8 cm³/mol. The minimum Gasteiger partial charge on any atom is -0.364 e. The average molecular weight is 345 g/mol. The molecule has 0 spiro atoms. The zero-order valence-electron chi connectivity index (χ0n) is 14.4. The first kappa shape index (κ1) is 16.0. The minimum absolute atomic E-state index is 0.681. The highest BCUT2D eigenvalue weighted by molar-refractivity contribution is 5.58. The third-order valence-corrected chi connectivity index (χ3v) is 4.16. The molecule has 3 heterocycles. The molecule has 0 fully saturated rings. The van der Waals surface area contributed by atoms with Gasteiger partial charge in [0.25, 0.3) is 0 Å². The number of rotatable bonds is 6. The van der Waals surface area contributed by atoms with Gasteiger partial charge in [0.05, 0.1) is 12.2 Å². The summed E-state index contributed by atoms with van der Waals surface area (Å²) in [6.45, 7) is 3.61. The van der Waals surface area contributed by atoms with Crippen molar-refractivity contribution in [3.8, 4) is 17.1 Å². The fourth-order valence-corrected chi connectivity index (χ4v) is 2.82. The van der Waals surface area contributed by atoms with Crippen LogP contribution in [0.2, 0.25) is 0 Å². The molecule has 130 valence electrons. The van der Waals surface area contributed by atoms with Crippen LogP contribution in [0.15, 0.2) is 67.3 Å². The van der Waals surface area contributed by atoms with Crippen LogP contribution >= 0.6 is 0 Å². The number of pyridine rings is 1. The molecule has 0 aliphatic carbocycles. The topological polar surface area (TPSA) is 73.5 Å². The lowest BCUT2D eigenvalue weighted by molar-refractivity contribution is 0.627. The summed E-state index contributed by atoms with van der Waals surface area (Å²) in [5, 5.41) is 15.9. The first-order valence-corrected chi connectivity index (χ1v) is 8.51. The molecule has 4 aromatic rings. The van der Waals surface area contributed by atoms with E-state index >= 15 is 0 Å². The van der Waals surface area contributed by atoms with Crippen LogP contribution < -0.4 is 5.32 Å². The first-order chi connectivity index (χ1) is 12.8. The van der Waals surface area contributed by atoms with E-state index < -0.39 is 0 Å². The first-order valence-electron chi connectivity index (χ1n) is 8.51. The summed E-state index contributed by atoms with van der Waals surface area (Å²) in [6.07, 6.45) is 5.33. The quantitative estimate of drug-likeness (QED) is 0.581. The highest BCUT2D eigenvalue weighted by Crippen LogP contribution is 2.21. The second kappa shape index (κ2) is 7.18. The maximum absolute atomic E-state index is 4.50. The summed E-state index contributed by atoms with van der Waals surface area (Å²) in [5.74, 6) is 1.57. The van der Waals surface area contributed by atoms with E-state index in [1.54, 1.807) is 6.33 Å². The molecule has 0 saturated carbocycles. The average Bonchev–Trinajstić information content (AvgIpc) is 3.36. The van der Waals surface area contributed by atoms with Gasteiger partial charge in [-0.1, -0.05) is 18.2 Å². The van der Waals surface area contributed by atoms with Crippen molar-refractivity contribution in [2.45, 2.75) is 20.0 Å². The van der Waals surface area contributed by atoms with Gasteiger partial charge in [-0.3, -0.25) is 9.25 Å². The highest BCUT2D eigenvalue weighted by atomic mass is 15.3. The van der Waals surface area contributed by atoms with E-state index in [-0.39, 0.29) is 0 Å². The summed E-state index contributed by atoms with van der Waals surface area (Å²) >= 11 is 0. The lowest BCUT2D eigenvalue weighted by Crippen LogP contribution is -2.08. The molecule has 4 rings (SSSR count). The van der Waals surface area contributed by atoms with Crippen LogP contribution in [0.3, 0.4) is 0 Å². The Morgan fingerprint density at radius 1 is 1.04 bits per heavy atom. The van der Waals surface area contributed by atoms with Crippen molar-refractivity contribution < 1.29 is 0 Å². The summed E-state index contributed by atoms with van der Waals surface area (Å²) in [6, 6.07) is 16.0. The van der Waals surface area contributed by atoms with Crippen LogP contribution in [0.5, 0.6) is 0 Å². The molecule has 0 radical (unpaired) electrons. The zero-order valence-corrected chi connectivity index (χ0v) is 14.4. The largest absolute Gasteiger partial charge is 0.364 e. The van der Waals surface area contributed by atoms with Crippen LogP contribution in [0, 0.1) is 0 Å². The standard InChI is InChI=1S/C19H19N7/c1-2-26-17(10-11-23-26)13-21-18-9-8-15(12-20-18)19-24-22-14-25(19)16-6-4-3-5-7-16/h3-12,14H,2,13H2,1H3,(H,20,21). The molecule has 0 aliphatic rings. The van der Waals surface area contributed by atoms with E-state index in [1.807, 2.05) is 70.2 Å². The molecule has 0 saturated heterocycles. The molecule has 3 aromatic heterocycles. The molecule has 0 atom stereocenters. The van der Waals surface area contributed by atoms with E-state index in [0.717, 1.165) is 35.1 Å². The molecule has 0 unspecified atom stereocenters. The van der Waals surface area contributed by atoms with Gasteiger partial charge < -0.3 is 5.32 Å². The van der Waals surface area contributed by atoms with Gasteiger partial charge in [0.15, 0.2) is 5.82 Å². The third-order valence-electron chi connectivity index (χ3n) is 4.16. The maximum Gasteiger partial charge on any atom is 0.169 e. The normalized spacial score (nSPS) is 10.8. The van der Waals surface area contributed by atoms with Crippen LogP contribution in [0.4, 0.5) is 5.82 Å². The number of hydrogen-bond donors (Lipinski definition) is 1. The van der Waals surface area contributed by atoms with E-state index in [2.05, 4.69) is 32.5 Å². The van der Waals surface area contributed by atoms with E-state index in [9.17, 15) is 0 Å². The summed E-state index contributed by atoms with van der Waals surface area (Å²) in [7, 11) is 0. The Kier molecular flexibility index (Phi) is 4.42. The van der Waals surface area contributed by atoms with Gasteiger partial charge >= 0.3 is 0 Å².